The van der Waals surface area contributed by atoms with Gasteiger partial charge < -0.3 is 8.83 Å². The van der Waals surface area contributed by atoms with Gasteiger partial charge in [0.15, 0.2) is 11.2 Å². The molecule has 4 heteroatoms. The van der Waals surface area contributed by atoms with E-state index in [9.17, 15) is 0 Å². The molecule has 0 spiro atoms. The maximum atomic E-state index is 6.15. The molecule has 4 aromatic carbocycles. The molecule has 4 nitrogen and oxygen atoms in total. The van der Waals surface area contributed by atoms with Crippen LogP contribution in [0.3, 0.4) is 0 Å². The van der Waals surface area contributed by atoms with Crippen molar-refractivity contribution < 1.29 is 8.83 Å². The van der Waals surface area contributed by atoms with E-state index < -0.39 is 0 Å². The molecule has 48 heavy (non-hydrogen) atoms. The van der Waals surface area contributed by atoms with Gasteiger partial charge in [0.25, 0.3) is 0 Å². The number of hydrogen-bond acceptors (Lipinski definition) is 4. The average molecular weight is 639 g/mol. The van der Waals surface area contributed by atoms with Gasteiger partial charge in [-0.2, -0.15) is 0 Å². The molecule has 0 saturated heterocycles. The highest BCUT2D eigenvalue weighted by atomic mass is 16.4. The van der Waals surface area contributed by atoms with E-state index in [-0.39, 0.29) is 10.8 Å². The van der Waals surface area contributed by atoms with Crippen molar-refractivity contribution in [2.45, 2.75) is 104 Å². The molecule has 2 aromatic heterocycles. The van der Waals surface area contributed by atoms with E-state index in [2.05, 4.69) is 139 Å². The Balaban J connectivity index is 1.11. The Morgan fingerprint density at radius 3 is 1.29 bits per heavy atom. The monoisotopic (exact) mass is 638 g/mol. The third-order valence-corrected chi connectivity index (χ3v) is 9.93. The maximum Gasteiger partial charge on any atom is 0.227 e. The number of unbranched alkanes of at least 4 members (excludes halogenated alkanes) is 4. The van der Waals surface area contributed by atoms with Crippen LogP contribution in [0.5, 0.6) is 0 Å². The van der Waals surface area contributed by atoms with E-state index in [0.29, 0.717) is 11.8 Å². The molecule has 0 unspecified atom stereocenters. The molecule has 0 atom stereocenters. The first-order valence-electron chi connectivity index (χ1n) is 17.9. The normalized spacial score (nSPS) is 12.5. The first kappa shape index (κ1) is 33.5. The predicted octanol–water partition coefficient (Wildman–Crippen LogP) is 13.2. The topological polar surface area (TPSA) is 52.1 Å². The summed E-state index contributed by atoms with van der Waals surface area (Å²) in [5.74, 6) is 1.31. The Morgan fingerprint density at radius 2 is 0.917 bits per heavy atom. The second-order valence-electron chi connectivity index (χ2n) is 14.7. The fraction of sp³-hybridized carbons (Fsp3) is 0.364. The van der Waals surface area contributed by atoms with Gasteiger partial charge in [-0.05, 0) is 94.5 Å². The SMILES string of the molecule is CCCCCC(C)(C)c1ccc2oc(-c3ccc(/C=C/c4ccc(-c5nc6cc(C(C)(C)CCCCC)ccc6o5)cc4)cc3)nc2c1. The zero-order valence-electron chi connectivity index (χ0n) is 29.6. The lowest BCUT2D eigenvalue weighted by Crippen LogP contribution is -2.16. The molecule has 0 N–H and O–H groups in total. The molecule has 2 heterocycles. The molecule has 6 rings (SSSR count). The number of aromatic nitrogens is 2. The van der Waals surface area contributed by atoms with Gasteiger partial charge in [-0.3, -0.25) is 0 Å². The van der Waals surface area contributed by atoms with Gasteiger partial charge in [0, 0.05) is 11.1 Å². The van der Waals surface area contributed by atoms with Crippen molar-refractivity contribution >= 4 is 34.4 Å². The number of hydrogen-bond donors (Lipinski definition) is 0. The summed E-state index contributed by atoms with van der Waals surface area (Å²) in [5.41, 5.74) is 10.6. The molecule has 0 aliphatic carbocycles. The van der Waals surface area contributed by atoms with E-state index in [1.165, 1.54) is 62.5 Å². The van der Waals surface area contributed by atoms with Crippen LogP contribution < -0.4 is 0 Å². The number of rotatable bonds is 14. The van der Waals surface area contributed by atoms with Gasteiger partial charge in [-0.1, -0.05) is 129 Å². The Kier molecular flexibility index (Phi) is 10.0. The summed E-state index contributed by atoms with van der Waals surface area (Å²) in [5, 5.41) is 0. The van der Waals surface area contributed by atoms with Crippen molar-refractivity contribution in [2.75, 3.05) is 0 Å². The van der Waals surface area contributed by atoms with Crippen LogP contribution in [0.15, 0.2) is 93.8 Å². The van der Waals surface area contributed by atoms with E-state index in [1.807, 2.05) is 0 Å². The van der Waals surface area contributed by atoms with Crippen LogP contribution in [0.1, 0.15) is 115 Å². The maximum absolute atomic E-state index is 6.15. The third kappa shape index (κ3) is 7.65. The quantitative estimate of drug-likeness (QED) is 0.0880. The average Bonchev–Trinajstić information content (AvgIpc) is 3.72. The summed E-state index contributed by atoms with van der Waals surface area (Å²) in [6.45, 7) is 13.8. The molecule has 6 aromatic rings. The number of oxazole rings is 2. The van der Waals surface area contributed by atoms with Gasteiger partial charge >= 0.3 is 0 Å². The van der Waals surface area contributed by atoms with Gasteiger partial charge in [0.05, 0.1) is 0 Å². The fourth-order valence-electron chi connectivity index (χ4n) is 6.53. The third-order valence-electron chi connectivity index (χ3n) is 9.93. The van der Waals surface area contributed by atoms with Gasteiger partial charge in [-0.15, -0.1) is 0 Å². The van der Waals surface area contributed by atoms with Crippen LogP contribution in [0.4, 0.5) is 0 Å². The minimum Gasteiger partial charge on any atom is -0.436 e. The summed E-state index contributed by atoms with van der Waals surface area (Å²) in [6.07, 6.45) is 14.1. The predicted molar refractivity (Wildman–Crippen MR) is 202 cm³/mol. The first-order valence-corrected chi connectivity index (χ1v) is 17.9. The Hall–Kier alpha value is -4.44. The molecule has 0 saturated carbocycles. The summed E-state index contributed by atoms with van der Waals surface area (Å²) in [7, 11) is 0. The van der Waals surface area contributed by atoms with E-state index in [4.69, 9.17) is 18.8 Å². The lowest BCUT2D eigenvalue weighted by Gasteiger charge is -2.25. The molecular weight excluding hydrogens is 588 g/mol. The molecule has 0 radical (unpaired) electrons. The van der Waals surface area contributed by atoms with Crippen molar-refractivity contribution in [3.63, 3.8) is 0 Å². The van der Waals surface area contributed by atoms with Crippen molar-refractivity contribution in [2.24, 2.45) is 0 Å². The van der Waals surface area contributed by atoms with Crippen LogP contribution in [0.2, 0.25) is 0 Å². The smallest absolute Gasteiger partial charge is 0.227 e. The second-order valence-corrected chi connectivity index (χ2v) is 14.7. The zero-order valence-corrected chi connectivity index (χ0v) is 29.6. The second kappa shape index (κ2) is 14.4. The van der Waals surface area contributed by atoms with Gasteiger partial charge in [-0.25, -0.2) is 9.97 Å². The Labute approximate surface area is 286 Å². The fourth-order valence-corrected chi connectivity index (χ4v) is 6.53. The first-order chi connectivity index (χ1) is 23.1. The van der Waals surface area contributed by atoms with E-state index in [1.54, 1.807) is 0 Å². The van der Waals surface area contributed by atoms with Crippen molar-refractivity contribution in [3.8, 4) is 22.9 Å². The molecule has 0 aliphatic rings. The minimum atomic E-state index is 0.121. The van der Waals surface area contributed by atoms with Crippen LogP contribution in [0, 0.1) is 0 Å². The number of fused-ring (bicyclic) bond motifs is 2. The summed E-state index contributed by atoms with van der Waals surface area (Å²) >= 11 is 0. The van der Waals surface area contributed by atoms with Crippen LogP contribution in [-0.4, -0.2) is 9.97 Å². The Bertz CT molecular complexity index is 1840. The molecular formula is C44H50N2O2. The van der Waals surface area contributed by atoms with Gasteiger partial charge in [0.1, 0.15) is 11.0 Å². The van der Waals surface area contributed by atoms with Crippen molar-refractivity contribution in [1.82, 2.24) is 9.97 Å². The summed E-state index contributed by atoms with van der Waals surface area (Å²) < 4.78 is 12.3. The van der Waals surface area contributed by atoms with E-state index >= 15 is 0 Å². The van der Waals surface area contributed by atoms with Crippen LogP contribution >= 0.6 is 0 Å². The molecule has 0 aliphatic heterocycles. The minimum absolute atomic E-state index is 0.121. The Morgan fingerprint density at radius 1 is 0.521 bits per heavy atom. The molecule has 0 bridgehead atoms. The molecule has 0 fully saturated rings. The number of nitrogens with zero attached hydrogens (tertiary/aromatic N) is 2. The van der Waals surface area contributed by atoms with Crippen LogP contribution in [-0.2, 0) is 10.8 Å². The summed E-state index contributed by atoms with van der Waals surface area (Å²) in [6, 6.07) is 29.7. The highest BCUT2D eigenvalue weighted by Gasteiger charge is 2.23. The summed E-state index contributed by atoms with van der Waals surface area (Å²) in [4.78, 5) is 9.71. The lowest BCUT2D eigenvalue weighted by molar-refractivity contribution is 0.450. The van der Waals surface area contributed by atoms with Gasteiger partial charge in [0.2, 0.25) is 11.8 Å². The number of benzene rings is 4. The van der Waals surface area contributed by atoms with Crippen molar-refractivity contribution in [3.05, 3.63) is 107 Å². The standard InChI is InChI=1S/C44H50N2O2/c1-7-9-11-27-43(3,4)35-23-25-39-37(29-35)45-41(47-39)33-19-15-31(16-20-33)13-14-32-17-21-34(22-18-32)42-46-38-30-36(24-26-40(38)48-42)44(5,6)28-12-10-8-2/h13-26,29-30H,7-12,27-28H2,1-6H3/b14-13+. The van der Waals surface area contributed by atoms with Crippen LogP contribution in [0.25, 0.3) is 57.3 Å². The lowest BCUT2D eigenvalue weighted by atomic mass is 9.80. The highest BCUT2D eigenvalue weighted by molar-refractivity contribution is 5.79. The zero-order chi connectivity index (χ0) is 33.7. The highest BCUT2D eigenvalue weighted by Crippen LogP contribution is 2.35. The van der Waals surface area contributed by atoms with E-state index in [0.717, 1.165) is 44.5 Å². The molecule has 0 amide bonds. The molecule has 248 valence electrons. The largest absolute Gasteiger partial charge is 0.436 e. The van der Waals surface area contributed by atoms with Crippen molar-refractivity contribution in [1.29, 1.82) is 0 Å².